The summed E-state index contributed by atoms with van der Waals surface area (Å²) in [6, 6.07) is 11.3. The zero-order chi connectivity index (χ0) is 14.0. The smallest absolute Gasteiger partial charge is 0.372 e. The van der Waals surface area contributed by atoms with E-state index in [1.54, 1.807) is 0 Å². The largest absolute Gasteiger partial charge is 0.391 e. The van der Waals surface area contributed by atoms with E-state index in [0.717, 1.165) is 38.5 Å². The molecule has 0 heterocycles. The van der Waals surface area contributed by atoms with Crippen LogP contribution < -0.4 is 5.19 Å². The summed E-state index contributed by atoms with van der Waals surface area (Å²) in [6.45, 7) is 5.78. The molecule has 1 aromatic rings. The van der Waals surface area contributed by atoms with E-state index in [-0.39, 0.29) is 0 Å². The van der Waals surface area contributed by atoms with Crippen LogP contribution >= 0.6 is 11.6 Å². The molecule has 0 spiro atoms. The van der Waals surface area contributed by atoms with E-state index >= 15 is 0 Å². The third-order valence-electron chi connectivity index (χ3n) is 2.93. The van der Waals surface area contributed by atoms with Crippen molar-refractivity contribution in [1.29, 1.82) is 0 Å². The summed E-state index contributed by atoms with van der Waals surface area (Å²) in [5.41, 5.74) is 0. The first-order chi connectivity index (χ1) is 9.29. The first kappa shape index (κ1) is 16.7. The van der Waals surface area contributed by atoms with E-state index in [4.69, 9.17) is 20.5 Å². The van der Waals surface area contributed by atoms with Crippen LogP contribution in [0.15, 0.2) is 30.3 Å². The summed E-state index contributed by atoms with van der Waals surface area (Å²) in [5, 5.41) is 1.22. The highest BCUT2D eigenvalue weighted by atomic mass is 35.5. The monoisotopic (exact) mass is 300 g/mol. The Kier molecular flexibility index (Phi) is 8.38. The molecule has 0 radical (unpaired) electrons. The van der Waals surface area contributed by atoms with Gasteiger partial charge in [-0.25, -0.2) is 0 Å². The molecule has 2 nitrogen and oxygen atoms in total. The lowest BCUT2D eigenvalue weighted by atomic mass is 10.4. The van der Waals surface area contributed by atoms with Gasteiger partial charge >= 0.3 is 8.56 Å². The minimum atomic E-state index is -2.32. The Morgan fingerprint density at radius 2 is 1.58 bits per heavy atom. The highest BCUT2D eigenvalue weighted by molar-refractivity contribution is 6.81. The Hall–Kier alpha value is -0.353. The normalized spacial score (nSPS) is 11.7. The average Bonchev–Trinajstić information content (AvgIpc) is 2.48. The van der Waals surface area contributed by atoms with Gasteiger partial charge in [0.15, 0.2) is 0 Å². The van der Waals surface area contributed by atoms with Crippen molar-refractivity contribution in [2.24, 2.45) is 0 Å². The van der Waals surface area contributed by atoms with Crippen molar-refractivity contribution >= 4 is 25.3 Å². The number of hydrogen-bond acceptors (Lipinski definition) is 2. The third kappa shape index (κ3) is 5.26. The Morgan fingerprint density at radius 3 is 2.05 bits per heavy atom. The van der Waals surface area contributed by atoms with Crippen LogP contribution in [-0.4, -0.2) is 27.7 Å². The van der Waals surface area contributed by atoms with Crippen LogP contribution in [0.5, 0.6) is 0 Å². The molecule has 0 aromatic heterocycles. The molecular weight excluding hydrogens is 276 g/mol. The van der Waals surface area contributed by atoms with Crippen molar-refractivity contribution in [3.63, 3.8) is 0 Å². The van der Waals surface area contributed by atoms with Crippen molar-refractivity contribution in [3.05, 3.63) is 30.3 Å². The molecule has 0 atom stereocenters. The fourth-order valence-electron chi connectivity index (χ4n) is 2.02. The van der Waals surface area contributed by atoms with Gasteiger partial charge in [0, 0.05) is 19.1 Å². The van der Waals surface area contributed by atoms with Gasteiger partial charge in [0.05, 0.1) is 0 Å². The lowest BCUT2D eigenvalue weighted by Gasteiger charge is -2.31. The molecule has 0 saturated carbocycles. The molecule has 0 fully saturated rings. The lowest BCUT2D eigenvalue weighted by molar-refractivity contribution is 0.179. The third-order valence-corrected chi connectivity index (χ3v) is 6.76. The SMILES string of the molecule is CCCO[Si](CCCCl)(OCCC)c1ccccc1. The molecular formula is C15H25ClO2Si. The second kappa shape index (κ2) is 9.53. The topological polar surface area (TPSA) is 18.5 Å². The average molecular weight is 301 g/mol. The number of hydrogen-bond donors (Lipinski definition) is 0. The van der Waals surface area contributed by atoms with Crippen LogP contribution in [0.4, 0.5) is 0 Å². The van der Waals surface area contributed by atoms with Crippen LogP contribution in [0.2, 0.25) is 6.04 Å². The molecule has 0 amide bonds. The van der Waals surface area contributed by atoms with E-state index in [1.165, 1.54) is 5.19 Å². The predicted octanol–water partition coefficient (Wildman–Crippen LogP) is 3.82. The molecule has 0 aliphatic heterocycles. The Labute approximate surface area is 123 Å². The van der Waals surface area contributed by atoms with Gasteiger partial charge in [0.2, 0.25) is 0 Å². The number of benzene rings is 1. The van der Waals surface area contributed by atoms with Crippen LogP contribution in [0.3, 0.4) is 0 Å². The van der Waals surface area contributed by atoms with E-state index < -0.39 is 8.56 Å². The van der Waals surface area contributed by atoms with Crippen molar-refractivity contribution in [2.45, 2.75) is 39.2 Å². The zero-order valence-electron chi connectivity index (χ0n) is 12.0. The van der Waals surface area contributed by atoms with Crippen LogP contribution in [0, 0.1) is 0 Å². The van der Waals surface area contributed by atoms with Crippen LogP contribution in [0.25, 0.3) is 0 Å². The Morgan fingerprint density at radius 1 is 1.00 bits per heavy atom. The minimum absolute atomic E-state index is 0.659. The molecule has 108 valence electrons. The molecule has 0 saturated heterocycles. The van der Waals surface area contributed by atoms with Crippen molar-refractivity contribution in [2.75, 3.05) is 19.1 Å². The highest BCUT2D eigenvalue weighted by Crippen LogP contribution is 2.18. The molecule has 19 heavy (non-hydrogen) atoms. The quantitative estimate of drug-likeness (QED) is 0.483. The zero-order valence-corrected chi connectivity index (χ0v) is 13.8. The summed E-state index contributed by atoms with van der Waals surface area (Å²) >= 11 is 5.87. The molecule has 0 bridgehead atoms. The van der Waals surface area contributed by atoms with Gasteiger partial charge in [-0.2, -0.15) is 0 Å². The fraction of sp³-hybridized carbons (Fsp3) is 0.600. The van der Waals surface area contributed by atoms with Gasteiger partial charge in [-0.05, 0) is 30.5 Å². The van der Waals surface area contributed by atoms with Gasteiger partial charge in [-0.3, -0.25) is 0 Å². The maximum absolute atomic E-state index is 6.23. The van der Waals surface area contributed by atoms with Crippen molar-refractivity contribution in [1.82, 2.24) is 0 Å². The second-order valence-corrected chi connectivity index (χ2v) is 8.15. The summed E-state index contributed by atoms with van der Waals surface area (Å²) in [6.07, 6.45) is 2.96. The maximum atomic E-state index is 6.23. The number of rotatable bonds is 10. The second-order valence-electron chi connectivity index (χ2n) is 4.61. The predicted molar refractivity (Wildman–Crippen MR) is 84.5 cm³/mol. The summed E-state index contributed by atoms with van der Waals surface area (Å²) in [7, 11) is -2.32. The molecule has 0 aliphatic carbocycles. The minimum Gasteiger partial charge on any atom is -0.391 e. The lowest BCUT2D eigenvalue weighted by Crippen LogP contribution is -2.54. The van der Waals surface area contributed by atoms with Crippen LogP contribution in [0.1, 0.15) is 33.1 Å². The standard InChI is InChI=1S/C15H25ClO2Si/c1-3-12-17-19(14-8-11-16,18-13-4-2)15-9-6-5-7-10-15/h5-7,9-10H,3-4,8,11-14H2,1-2H3. The fourth-order valence-corrected chi connectivity index (χ4v) is 5.78. The van der Waals surface area contributed by atoms with Gasteiger partial charge in [0.25, 0.3) is 0 Å². The Bertz CT molecular complexity index is 310. The molecule has 0 unspecified atom stereocenters. The van der Waals surface area contributed by atoms with Gasteiger partial charge in [-0.15, -0.1) is 11.6 Å². The first-order valence-corrected chi connectivity index (χ1v) is 9.74. The van der Waals surface area contributed by atoms with E-state index in [2.05, 4.69) is 38.1 Å². The van der Waals surface area contributed by atoms with Gasteiger partial charge in [0.1, 0.15) is 0 Å². The molecule has 0 N–H and O–H groups in total. The highest BCUT2D eigenvalue weighted by Gasteiger charge is 2.39. The molecule has 1 aromatic carbocycles. The Balaban J connectivity index is 2.94. The number of alkyl halides is 1. The molecule has 0 aliphatic rings. The molecule has 1 rings (SSSR count). The summed E-state index contributed by atoms with van der Waals surface area (Å²) in [4.78, 5) is 0. The van der Waals surface area contributed by atoms with E-state index in [9.17, 15) is 0 Å². The van der Waals surface area contributed by atoms with Gasteiger partial charge in [-0.1, -0.05) is 44.2 Å². The van der Waals surface area contributed by atoms with Crippen molar-refractivity contribution < 1.29 is 8.85 Å². The van der Waals surface area contributed by atoms with Crippen LogP contribution in [-0.2, 0) is 8.85 Å². The van der Waals surface area contributed by atoms with E-state index in [1.807, 2.05) is 6.07 Å². The van der Waals surface area contributed by atoms with Gasteiger partial charge < -0.3 is 8.85 Å². The number of halogens is 1. The summed E-state index contributed by atoms with van der Waals surface area (Å²) in [5.74, 6) is 0.659. The summed E-state index contributed by atoms with van der Waals surface area (Å²) < 4.78 is 12.5. The first-order valence-electron chi connectivity index (χ1n) is 7.18. The maximum Gasteiger partial charge on any atom is 0.372 e. The van der Waals surface area contributed by atoms with Crippen molar-refractivity contribution in [3.8, 4) is 0 Å². The van der Waals surface area contributed by atoms with E-state index in [0.29, 0.717) is 5.88 Å². The molecule has 4 heteroatoms.